The number of pyridine rings is 1. The number of rotatable bonds is 6. The molecule has 2 N–H and O–H groups in total. The smallest absolute Gasteiger partial charge is 0.335 e. The number of aromatic nitrogens is 1. The fraction of sp³-hybridized carbons (Fsp3) is 0. The van der Waals surface area contributed by atoms with Crippen LogP contribution < -0.4 is 5.43 Å². The minimum absolute atomic E-state index is 0.0897. The molecule has 27 heavy (non-hydrogen) atoms. The van der Waals surface area contributed by atoms with E-state index in [1.54, 1.807) is 12.1 Å². The SMILES string of the molecule is O=C(O)c1ccc(Cl)c(-c2ccc(/C=N\Nc3ccc([N+](=O)[O-])cn3)o2)c1. The second kappa shape index (κ2) is 7.67. The second-order valence-corrected chi connectivity index (χ2v) is 5.64. The van der Waals surface area contributed by atoms with Crippen molar-refractivity contribution >= 4 is 35.3 Å². The topological polar surface area (TPSA) is 131 Å². The van der Waals surface area contributed by atoms with Crippen LogP contribution in [0.4, 0.5) is 11.5 Å². The molecule has 0 fully saturated rings. The molecule has 0 radical (unpaired) electrons. The van der Waals surface area contributed by atoms with Gasteiger partial charge in [0.1, 0.15) is 23.5 Å². The van der Waals surface area contributed by atoms with E-state index in [9.17, 15) is 14.9 Å². The third-order valence-electron chi connectivity index (χ3n) is 3.44. The number of halogens is 1. The number of furan rings is 1. The maximum atomic E-state index is 11.1. The van der Waals surface area contributed by atoms with Gasteiger partial charge in [0, 0.05) is 11.6 Å². The van der Waals surface area contributed by atoms with Gasteiger partial charge in [-0.05, 0) is 36.4 Å². The average molecular weight is 387 g/mol. The van der Waals surface area contributed by atoms with E-state index in [-0.39, 0.29) is 11.3 Å². The van der Waals surface area contributed by atoms with E-state index >= 15 is 0 Å². The molecule has 0 atom stereocenters. The van der Waals surface area contributed by atoms with Crippen molar-refractivity contribution in [2.75, 3.05) is 5.43 Å². The van der Waals surface area contributed by atoms with E-state index < -0.39 is 10.9 Å². The number of hydrogen-bond donors (Lipinski definition) is 2. The molecule has 0 saturated heterocycles. The molecule has 0 aliphatic heterocycles. The maximum Gasteiger partial charge on any atom is 0.335 e. The molecule has 136 valence electrons. The van der Waals surface area contributed by atoms with Crippen LogP contribution in [0, 0.1) is 10.1 Å². The summed E-state index contributed by atoms with van der Waals surface area (Å²) >= 11 is 6.11. The molecule has 0 spiro atoms. The quantitative estimate of drug-likeness (QED) is 0.371. The van der Waals surface area contributed by atoms with E-state index in [4.69, 9.17) is 21.1 Å². The number of hydrazone groups is 1. The van der Waals surface area contributed by atoms with E-state index in [2.05, 4.69) is 15.5 Å². The first-order valence-electron chi connectivity index (χ1n) is 7.46. The standard InChI is InChI=1S/C17H11ClN4O5/c18-14-4-1-10(17(23)24)7-13(14)15-5-3-12(27-15)9-20-21-16-6-2-11(8-19-16)22(25)26/h1-9H,(H,19,21)(H,23,24)/b20-9-. The lowest BCUT2D eigenvalue weighted by molar-refractivity contribution is -0.385. The maximum absolute atomic E-state index is 11.1. The van der Waals surface area contributed by atoms with E-state index in [1.165, 1.54) is 36.5 Å². The van der Waals surface area contributed by atoms with Gasteiger partial charge in [0.2, 0.25) is 0 Å². The highest BCUT2D eigenvalue weighted by Gasteiger charge is 2.12. The molecule has 9 nitrogen and oxygen atoms in total. The number of carboxylic acid groups (broad SMARTS) is 1. The van der Waals surface area contributed by atoms with Gasteiger partial charge in [-0.25, -0.2) is 9.78 Å². The van der Waals surface area contributed by atoms with Gasteiger partial charge in [0.25, 0.3) is 5.69 Å². The number of benzene rings is 1. The number of carboxylic acids is 1. The first-order valence-corrected chi connectivity index (χ1v) is 7.84. The Morgan fingerprint density at radius 2 is 2.11 bits per heavy atom. The first-order chi connectivity index (χ1) is 12.9. The number of nitro groups is 1. The zero-order valence-electron chi connectivity index (χ0n) is 13.5. The van der Waals surface area contributed by atoms with Crippen molar-refractivity contribution in [3.8, 4) is 11.3 Å². The first kappa shape index (κ1) is 18.1. The van der Waals surface area contributed by atoms with Gasteiger partial charge in [-0.2, -0.15) is 5.10 Å². The van der Waals surface area contributed by atoms with Crippen molar-refractivity contribution in [2.45, 2.75) is 0 Å². The molecule has 3 rings (SSSR count). The Labute approximate surface area is 157 Å². The van der Waals surface area contributed by atoms with Crippen LogP contribution in [0.5, 0.6) is 0 Å². The predicted octanol–water partition coefficient (Wildman–Crippen LogP) is 4.05. The van der Waals surface area contributed by atoms with Gasteiger partial charge < -0.3 is 9.52 Å². The number of nitrogens with one attached hydrogen (secondary N) is 1. The molecule has 0 bridgehead atoms. The van der Waals surface area contributed by atoms with Gasteiger partial charge in [0.15, 0.2) is 0 Å². The van der Waals surface area contributed by atoms with Crippen LogP contribution >= 0.6 is 11.6 Å². The van der Waals surface area contributed by atoms with Gasteiger partial charge in [-0.1, -0.05) is 11.6 Å². The molecule has 0 saturated carbocycles. The van der Waals surface area contributed by atoms with Crippen LogP contribution in [0.1, 0.15) is 16.1 Å². The number of hydrogen-bond acceptors (Lipinski definition) is 7. The number of nitrogens with zero attached hydrogens (tertiary/aromatic N) is 3. The molecule has 0 amide bonds. The van der Waals surface area contributed by atoms with Crippen LogP contribution in [-0.2, 0) is 0 Å². The van der Waals surface area contributed by atoms with E-state index in [0.717, 1.165) is 6.20 Å². The summed E-state index contributed by atoms with van der Waals surface area (Å²) in [6.45, 7) is 0. The molecule has 2 heterocycles. The van der Waals surface area contributed by atoms with Crippen LogP contribution in [0.2, 0.25) is 5.02 Å². The molecule has 1 aromatic carbocycles. The monoisotopic (exact) mass is 386 g/mol. The Morgan fingerprint density at radius 1 is 1.30 bits per heavy atom. The summed E-state index contributed by atoms with van der Waals surface area (Å²) in [5, 5.41) is 23.9. The van der Waals surface area contributed by atoms with Gasteiger partial charge in [-0.15, -0.1) is 0 Å². The van der Waals surface area contributed by atoms with Crippen molar-refractivity contribution in [3.63, 3.8) is 0 Å². The molecular weight excluding hydrogens is 376 g/mol. The fourth-order valence-electron chi connectivity index (χ4n) is 2.14. The largest absolute Gasteiger partial charge is 0.478 e. The number of anilines is 1. The normalized spacial score (nSPS) is 10.9. The molecule has 0 aliphatic carbocycles. The van der Waals surface area contributed by atoms with Crippen molar-refractivity contribution in [3.05, 3.63) is 75.1 Å². The lowest BCUT2D eigenvalue weighted by Gasteiger charge is -2.02. The summed E-state index contributed by atoms with van der Waals surface area (Å²) in [7, 11) is 0. The third-order valence-corrected chi connectivity index (χ3v) is 3.76. The Morgan fingerprint density at radius 3 is 2.78 bits per heavy atom. The Balaban J connectivity index is 1.72. The summed E-state index contributed by atoms with van der Waals surface area (Å²) in [5.74, 6) is 0.0242. The summed E-state index contributed by atoms with van der Waals surface area (Å²) < 4.78 is 5.60. The molecule has 0 unspecified atom stereocenters. The molecule has 3 aromatic rings. The third kappa shape index (κ3) is 4.28. The fourth-order valence-corrected chi connectivity index (χ4v) is 2.35. The minimum Gasteiger partial charge on any atom is -0.478 e. The lowest BCUT2D eigenvalue weighted by Crippen LogP contribution is -1.96. The van der Waals surface area contributed by atoms with E-state index in [0.29, 0.717) is 27.9 Å². The highest BCUT2D eigenvalue weighted by Crippen LogP contribution is 2.30. The number of aromatic carboxylic acids is 1. The number of carbonyl (C=O) groups is 1. The van der Waals surface area contributed by atoms with Crippen molar-refractivity contribution < 1.29 is 19.2 Å². The zero-order chi connectivity index (χ0) is 19.4. The molecule has 10 heteroatoms. The van der Waals surface area contributed by atoms with Gasteiger partial charge in [-0.3, -0.25) is 15.5 Å². The van der Waals surface area contributed by atoms with Crippen molar-refractivity contribution in [2.24, 2.45) is 5.10 Å². The molecular formula is C17H11ClN4O5. The van der Waals surface area contributed by atoms with Gasteiger partial charge in [0.05, 0.1) is 21.7 Å². The van der Waals surface area contributed by atoms with E-state index in [1.807, 2.05) is 0 Å². The van der Waals surface area contributed by atoms with Crippen LogP contribution in [0.15, 0.2) is 58.2 Å². The van der Waals surface area contributed by atoms with Crippen LogP contribution in [0.25, 0.3) is 11.3 Å². The lowest BCUT2D eigenvalue weighted by atomic mass is 10.1. The Kier molecular flexibility index (Phi) is 5.13. The summed E-state index contributed by atoms with van der Waals surface area (Å²) in [6.07, 6.45) is 2.49. The predicted molar refractivity (Wildman–Crippen MR) is 98.2 cm³/mol. The molecule has 0 aliphatic rings. The summed E-state index contributed by atoms with van der Waals surface area (Å²) in [6, 6.07) is 10.3. The van der Waals surface area contributed by atoms with Crippen molar-refractivity contribution in [1.82, 2.24) is 4.98 Å². The summed E-state index contributed by atoms with van der Waals surface area (Å²) in [5.41, 5.74) is 3.03. The second-order valence-electron chi connectivity index (χ2n) is 5.23. The summed E-state index contributed by atoms with van der Waals surface area (Å²) in [4.78, 5) is 25.0. The Bertz CT molecular complexity index is 1030. The molecule has 2 aromatic heterocycles. The van der Waals surface area contributed by atoms with Gasteiger partial charge >= 0.3 is 5.97 Å². The zero-order valence-corrected chi connectivity index (χ0v) is 14.3. The highest BCUT2D eigenvalue weighted by molar-refractivity contribution is 6.33. The van der Waals surface area contributed by atoms with Crippen molar-refractivity contribution in [1.29, 1.82) is 0 Å². The Hall–Kier alpha value is -3.72. The highest BCUT2D eigenvalue weighted by atomic mass is 35.5. The minimum atomic E-state index is -1.07. The van der Waals surface area contributed by atoms with Crippen LogP contribution in [0.3, 0.4) is 0 Å². The van der Waals surface area contributed by atoms with Crippen LogP contribution in [-0.4, -0.2) is 27.2 Å². The average Bonchev–Trinajstić information content (AvgIpc) is 3.11.